The van der Waals surface area contributed by atoms with Crippen molar-refractivity contribution < 1.29 is 9.53 Å². The van der Waals surface area contributed by atoms with E-state index >= 15 is 0 Å². The van der Waals surface area contributed by atoms with Crippen LogP contribution in [0.4, 0.5) is 0 Å². The lowest BCUT2D eigenvalue weighted by Crippen LogP contribution is -2.50. The predicted octanol–water partition coefficient (Wildman–Crippen LogP) is 2.86. The number of ether oxygens (including phenoxy) is 1. The first-order chi connectivity index (χ1) is 10.1. The van der Waals surface area contributed by atoms with Crippen molar-refractivity contribution in [3.8, 4) is 5.75 Å². The van der Waals surface area contributed by atoms with Crippen molar-refractivity contribution in [2.24, 2.45) is 5.92 Å². The second kappa shape index (κ2) is 7.66. The highest BCUT2D eigenvalue weighted by molar-refractivity contribution is 6.31. The van der Waals surface area contributed by atoms with Crippen molar-refractivity contribution in [3.05, 3.63) is 28.8 Å². The molecule has 0 aliphatic carbocycles. The standard InChI is InChI=1S/C16H23ClN2O2/c1-3-8-21-15-5-4-12(17)9-13(15)16(20)19-14-10-18-7-6-11(14)2/h4-5,9,11,14,18H,3,6-8,10H2,1-2H3,(H,19,20). The van der Waals surface area contributed by atoms with Gasteiger partial charge in [-0.1, -0.05) is 25.4 Å². The van der Waals surface area contributed by atoms with Crippen LogP contribution in [0.15, 0.2) is 18.2 Å². The largest absolute Gasteiger partial charge is 0.493 e. The van der Waals surface area contributed by atoms with Crippen molar-refractivity contribution in [2.45, 2.75) is 32.7 Å². The molecule has 0 bridgehead atoms. The summed E-state index contributed by atoms with van der Waals surface area (Å²) in [6, 6.07) is 5.32. The Morgan fingerprint density at radius 3 is 3.05 bits per heavy atom. The van der Waals surface area contributed by atoms with E-state index in [1.807, 2.05) is 6.92 Å². The second-order valence-corrected chi connectivity index (χ2v) is 5.98. The minimum Gasteiger partial charge on any atom is -0.493 e. The van der Waals surface area contributed by atoms with E-state index in [0.717, 1.165) is 25.9 Å². The molecular weight excluding hydrogens is 288 g/mol. The first-order valence-electron chi connectivity index (χ1n) is 7.55. The summed E-state index contributed by atoms with van der Waals surface area (Å²) in [7, 11) is 0. The Kier molecular flexibility index (Phi) is 5.88. The number of hydrogen-bond acceptors (Lipinski definition) is 3. The molecule has 5 heteroatoms. The number of carbonyl (C=O) groups excluding carboxylic acids is 1. The predicted molar refractivity (Wildman–Crippen MR) is 85.1 cm³/mol. The fourth-order valence-electron chi connectivity index (χ4n) is 2.45. The first kappa shape index (κ1) is 16.1. The molecule has 1 aliphatic heterocycles. The quantitative estimate of drug-likeness (QED) is 0.879. The number of piperidine rings is 1. The molecule has 1 fully saturated rings. The van der Waals surface area contributed by atoms with Crippen molar-refractivity contribution in [3.63, 3.8) is 0 Å². The number of benzene rings is 1. The molecule has 1 aromatic carbocycles. The van der Waals surface area contributed by atoms with Gasteiger partial charge < -0.3 is 15.4 Å². The lowest BCUT2D eigenvalue weighted by molar-refractivity contribution is 0.0911. The van der Waals surface area contributed by atoms with Gasteiger partial charge in [-0.2, -0.15) is 0 Å². The van der Waals surface area contributed by atoms with E-state index in [1.54, 1.807) is 18.2 Å². The van der Waals surface area contributed by atoms with Crippen LogP contribution in [-0.4, -0.2) is 31.6 Å². The van der Waals surface area contributed by atoms with E-state index in [-0.39, 0.29) is 11.9 Å². The molecule has 4 nitrogen and oxygen atoms in total. The van der Waals surface area contributed by atoms with Gasteiger partial charge in [0.2, 0.25) is 0 Å². The maximum absolute atomic E-state index is 12.5. The highest BCUT2D eigenvalue weighted by atomic mass is 35.5. The summed E-state index contributed by atoms with van der Waals surface area (Å²) >= 11 is 6.02. The summed E-state index contributed by atoms with van der Waals surface area (Å²) in [5.41, 5.74) is 0.508. The Bertz CT molecular complexity index is 493. The minimum atomic E-state index is -0.121. The topological polar surface area (TPSA) is 50.4 Å². The third-order valence-corrected chi connectivity index (χ3v) is 4.03. The van der Waals surface area contributed by atoms with E-state index in [0.29, 0.717) is 28.9 Å². The number of carbonyl (C=O) groups is 1. The van der Waals surface area contributed by atoms with E-state index in [9.17, 15) is 4.79 Å². The molecule has 0 aromatic heterocycles. The van der Waals surface area contributed by atoms with Crippen LogP contribution in [0.2, 0.25) is 5.02 Å². The Morgan fingerprint density at radius 2 is 2.33 bits per heavy atom. The van der Waals surface area contributed by atoms with Crippen LogP contribution in [0.5, 0.6) is 5.75 Å². The molecule has 0 spiro atoms. The Hall–Kier alpha value is -1.26. The van der Waals surface area contributed by atoms with Crippen LogP contribution < -0.4 is 15.4 Å². The van der Waals surface area contributed by atoms with Gasteiger partial charge in [-0.05, 0) is 43.5 Å². The zero-order valence-electron chi connectivity index (χ0n) is 12.6. The minimum absolute atomic E-state index is 0.121. The molecule has 1 saturated heterocycles. The fraction of sp³-hybridized carbons (Fsp3) is 0.562. The number of amides is 1. The lowest BCUT2D eigenvalue weighted by Gasteiger charge is -2.30. The fourth-order valence-corrected chi connectivity index (χ4v) is 2.62. The molecule has 0 saturated carbocycles. The molecular formula is C16H23ClN2O2. The maximum atomic E-state index is 12.5. The summed E-state index contributed by atoms with van der Waals surface area (Å²) in [5, 5.41) is 6.94. The van der Waals surface area contributed by atoms with Gasteiger partial charge in [-0.15, -0.1) is 0 Å². The monoisotopic (exact) mass is 310 g/mol. The summed E-state index contributed by atoms with van der Waals surface area (Å²) in [6.45, 7) is 6.60. The number of nitrogens with one attached hydrogen (secondary N) is 2. The molecule has 0 radical (unpaired) electrons. The van der Waals surface area contributed by atoms with Crippen LogP contribution in [0.25, 0.3) is 0 Å². The second-order valence-electron chi connectivity index (χ2n) is 5.54. The van der Waals surface area contributed by atoms with Crippen molar-refractivity contribution in [1.82, 2.24) is 10.6 Å². The van der Waals surface area contributed by atoms with Crippen molar-refractivity contribution in [1.29, 1.82) is 0 Å². The van der Waals surface area contributed by atoms with Gasteiger partial charge in [0.15, 0.2) is 0 Å². The van der Waals surface area contributed by atoms with Gasteiger partial charge in [0, 0.05) is 17.6 Å². The lowest BCUT2D eigenvalue weighted by atomic mass is 9.94. The molecule has 1 amide bonds. The highest BCUT2D eigenvalue weighted by Gasteiger charge is 2.24. The van der Waals surface area contributed by atoms with Crippen molar-refractivity contribution >= 4 is 17.5 Å². The van der Waals surface area contributed by atoms with E-state index in [1.165, 1.54) is 0 Å². The molecule has 2 atom stereocenters. The highest BCUT2D eigenvalue weighted by Crippen LogP contribution is 2.24. The summed E-state index contributed by atoms with van der Waals surface area (Å²) < 4.78 is 5.64. The van der Waals surface area contributed by atoms with Crippen molar-refractivity contribution in [2.75, 3.05) is 19.7 Å². The Labute approximate surface area is 131 Å². The molecule has 1 aliphatic rings. The molecule has 2 N–H and O–H groups in total. The van der Waals surface area contributed by atoms with Gasteiger partial charge in [-0.25, -0.2) is 0 Å². The van der Waals surface area contributed by atoms with Gasteiger partial charge >= 0.3 is 0 Å². The first-order valence-corrected chi connectivity index (χ1v) is 7.93. The Morgan fingerprint density at radius 1 is 1.52 bits per heavy atom. The molecule has 2 unspecified atom stereocenters. The smallest absolute Gasteiger partial charge is 0.255 e. The maximum Gasteiger partial charge on any atom is 0.255 e. The van der Waals surface area contributed by atoms with Gasteiger partial charge in [0.1, 0.15) is 5.75 Å². The number of rotatable bonds is 5. The molecule has 21 heavy (non-hydrogen) atoms. The average molecular weight is 311 g/mol. The molecule has 2 rings (SSSR count). The molecule has 116 valence electrons. The van der Waals surface area contributed by atoms with E-state index < -0.39 is 0 Å². The van der Waals surface area contributed by atoms with Gasteiger partial charge in [-0.3, -0.25) is 4.79 Å². The van der Waals surface area contributed by atoms with Crippen LogP contribution >= 0.6 is 11.6 Å². The van der Waals surface area contributed by atoms with E-state index in [2.05, 4.69) is 17.6 Å². The van der Waals surface area contributed by atoms with Crippen LogP contribution in [0.3, 0.4) is 0 Å². The SMILES string of the molecule is CCCOc1ccc(Cl)cc1C(=O)NC1CNCCC1C. The van der Waals surface area contributed by atoms with Crippen LogP contribution in [0, 0.1) is 5.92 Å². The van der Waals surface area contributed by atoms with E-state index in [4.69, 9.17) is 16.3 Å². The average Bonchev–Trinajstić information content (AvgIpc) is 2.48. The zero-order valence-corrected chi connectivity index (χ0v) is 13.4. The normalized spacial score (nSPS) is 21.9. The Balaban J connectivity index is 2.11. The molecule has 1 heterocycles. The number of hydrogen-bond donors (Lipinski definition) is 2. The van der Waals surface area contributed by atoms with Crippen LogP contribution in [-0.2, 0) is 0 Å². The summed E-state index contributed by atoms with van der Waals surface area (Å²) in [5.74, 6) is 0.939. The van der Waals surface area contributed by atoms with Crippen LogP contribution in [0.1, 0.15) is 37.0 Å². The third kappa shape index (κ3) is 4.35. The third-order valence-electron chi connectivity index (χ3n) is 3.79. The zero-order chi connectivity index (χ0) is 15.2. The summed E-state index contributed by atoms with van der Waals surface area (Å²) in [6.07, 6.45) is 1.97. The van der Waals surface area contributed by atoms with Gasteiger partial charge in [0.05, 0.1) is 12.2 Å². The number of halogens is 1. The molecule has 1 aromatic rings. The summed E-state index contributed by atoms with van der Waals surface area (Å²) in [4.78, 5) is 12.5. The van der Waals surface area contributed by atoms with Gasteiger partial charge in [0.25, 0.3) is 5.91 Å².